The highest BCUT2D eigenvalue weighted by Crippen LogP contribution is 2.15. The van der Waals surface area contributed by atoms with Crippen LogP contribution in [0.2, 0.25) is 0 Å². The van der Waals surface area contributed by atoms with Gasteiger partial charge in [-0.3, -0.25) is 9.59 Å². The minimum Gasteiger partial charge on any atom is -0.325 e. The van der Waals surface area contributed by atoms with Crippen molar-refractivity contribution in [3.63, 3.8) is 0 Å². The molecular formula is C22H21N3O3. The summed E-state index contributed by atoms with van der Waals surface area (Å²) >= 11 is 0. The first-order valence-electron chi connectivity index (χ1n) is 8.87. The summed E-state index contributed by atoms with van der Waals surface area (Å²) in [5, 5.41) is 5.21. The maximum atomic E-state index is 12.5. The van der Waals surface area contributed by atoms with Crippen LogP contribution in [0.4, 0.5) is 10.5 Å². The number of imide groups is 1. The van der Waals surface area contributed by atoms with Crippen LogP contribution in [0.3, 0.4) is 0 Å². The molecule has 0 aliphatic carbocycles. The zero-order chi connectivity index (χ0) is 20.1. The van der Waals surface area contributed by atoms with Gasteiger partial charge in [0.1, 0.15) is 12.2 Å². The van der Waals surface area contributed by atoms with E-state index in [1.54, 1.807) is 18.2 Å². The van der Waals surface area contributed by atoms with Crippen LogP contribution in [0.1, 0.15) is 18.1 Å². The summed E-state index contributed by atoms with van der Waals surface area (Å²) in [5.74, 6) is -0.963. The summed E-state index contributed by atoms with van der Waals surface area (Å²) in [6, 6.07) is 16.3. The number of nitrogens with one attached hydrogen (secondary N) is 2. The molecule has 1 fully saturated rings. The van der Waals surface area contributed by atoms with Gasteiger partial charge in [0.15, 0.2) is 0 Å². The van der Waals surface area contributed by atoms with E-state index in [1.807, 2.05) is 62.4 Å². The Balaban J connectivity index is 1.66. The summed E-state index contributed by atoms with van der Waals surface area (Å²) < 4.78 is 0. The topological polar surface area (TPSA) is 78.5 Å². The second kappa shape index (κ2) is 8.35. The Morgan fingerprint density at radius 1 is 1.07 bits per heavy atom. The third kappa shape index (κ3) is 4.73. The molecule has 2 N–H and O–H groups in total. The fourth-order valence-corrected chi connectivity index (χ4v) is 2.78. The molecule has 0 bridgehead atoms. The number of rotatable bonds is 5. The lowest BCUT2D eigenvalue weighted by Crippen LogP contribution is -2.38. The Morgan fingerprint density at radius 2 is 1.75 bits per heavy atom. The zero-order valence-electron chi connectivity index (χ0n) is 15.7. The summed E-state index contributed by atoms with van der Waals surface area (Å²) in [7, 11) is 0. The van der Waals surface area contributed by atoms with Crippen LogP contribution in [-0.4, -0.2) is 29.3 Å². The normalized spacial score (nSPS) is 15.7. The average molecular weight is 375 g/mol. The number of benzene rings is 2. The lowest BCUT2D eigenvalue weighted by molar-refractivity contribution is -0.127. The average Bonchev–Trinajstić information content (AvgIpc) is 2.91. The summed E-state index contributed by atoms with van der Waals surface area (Å²) in [6.07, 6.45) is 3.50. The van der Waals surface area contributed by atoms with Crippen molar-refractivity contribution < 1.29 is 14.4 Å². The zero-order valence-corrected chi connectivity index (χ0v) is 15.7. The molecule has 0 radical (unpaired) electrons. The van der Waals surface area contributed by atoms with E-state index in [1.165, 1.54) is 0 Å². The second-order valence-corrected chi connectivity index (χ2v) is 6.59. The quantitative estimate of drug-likeness (QED) is 0.620. The van der Waals surface area contributed by atoms with Crippen molar-refractivity contribution >= 4 is 29.6 Å². The molecule has 2 aromatic rings. The van der Waals surface area contributed by atoms with Crippen LogP contribution in [0.25, 0.3) is 6.08 Å². The molecule has 1 heterocycles. The fourth-order valence-electron chi connectivity index (χ4n) is 2.78. The number of carbonyl (C=O) groups is 3. The predicted molar refractivity (Wildman–Crippen MR) is 108 cm³/mol. The summed E-state index contributed by atoms with van der Waals surface area (Å²) in [6.45, 7) is 3.43. The standard InChI is InChI=1S/C22H21N3O3/c1-15-8-10-18(11-9-15)23-20(26)14-25-21(27)19(24-22(25)28)13-16(2)12-17-6-4-3-5-7-17/h3-13H,14H2,1-2H3,(H,23,26)(H,24,28)/b16-12+,19-13+. The molecule has 1 aliphatic heterocycles. The SMILES string of the molecule is CC(=C\c1ccccc1)/C=C1/NC(=O)N(CC(=O)Nc2ccc(C)cc2)C1=O. The van der Waals surface area contributed by atoms with Crippen molar-refractivity contribution in [3.05, 3.63) is 83.1 Å². The number of urea groups is 1. The maximum Gasteiger partial charge on any atom is 0.329 e. The van der Waals surface area contributed by atoms with Crippen molar-refractivity contribution in [1.82, 2.24) is 10.2 Å². The van der Waals surface area contributed by atoms with Gasteiger partial charge in [-0.05, 0) is 43.2 Å². The van der Waals surface area contributed by atoms with Gasteiger partial charge >= 0.3 is 6.03 Å². The molecule has 28 heavy (non-hydrogen) atoms. The van der Waals surface area contributed by atoms with Gasteiger partial charge in [-0.15, -0.1) is 0 Å². The molecule has 1 saturated heterocycles. The number of nitrogens with zero attached hydrogens (tertiary/aromatic N) is 1. The van der Waals surface area contributed by atoms with Gasteiger partial charge in [0, 0.05) is 5.69 Å². The molecule has 3 rings (SSSR count). The second-order valence-electron chi connectivity index (χ2n) is 6.59. The van der Waals surface area contributed by atoms with Crippen molar-refractivity contribution in [2.75, 3.05) is 11.9 Å². The van der Waals surface area contributed by atoms with Crippen LogP contribution in [0, 0.1) is 6.92 Å². The number of aryl methyl sites for hydroxylation is 1. The Hall–Kier alpha value is -3.67. The number of hydrogen-bond donors (Lipinski definition) is 2. The van der Waals surface area contributed by atoms with E-state index < -0.39 is 17.8 Å². The molecule has 4 amide bonds. The molecule has 0 aromatic heterocycles. The highest BCUT2D eigenvalue weighted by atomic mass is 16.2. The van der Waals surface area contributed by atoms with E-state index in [-0.39, 0.29) is 12.2 Å². The van der Waals surface area contributed by atoms with Crippen LogP contribution in [-0.2, 0) is 9.59 Å². The number of carbonyl (C=O) groups excluding carboxylic acids is 3. The monoisotopic (exact) mass is 375 g/mol. The fraction of sp³-hybridized carbons (Fsp3) is 0.136. The minimum atomic E-state index is -0.609. The molecule has 0 saturated carbocycles. The smallest absolute Gasteiger partial charge is 0.325 e. The number of allylic oxidation sites excluding steroid dienone is 2. The van der Waals surface area contributed by atoms with E-state index in [0.717, 1.165) is 21.6 Å². The molecule has 0 atom stereocenters. The van der Waals surface area contributed by atoms with Crippen LogP contribution in [0.5, 0.6) is 0 Å². The lowest BCUT2D eigenvalue weighted by atomic mass is 10.1. The predicted octanol–water partition coefficient (Wildman–Crippen LogP) is 3.47. The molecule has 6 nitrogen and oxygen atoms in total. The van der Waals surface area contributed by atoms with Crippen molar-refractivity contribution in [1.29, 1.82) is 0 Å². The first kappa shape index (κ1) is 19.1. The van der Waals surface area contributed by atoms with Crippen molar-refractivity contribution in [2.24, 2.45) is 0 Å². The largest absolute Gasteiger partial charge is 0.329 e. The molecule has 2 aromatic carbocycles. The molecule has 0 spiro atoms. The molecule has 0 unspecified atom stereocenters. The van der Waals surface area contributed by atoms with Crippen molar-refractivity contribution in [2.45, 2.75) is 13.8 Å². The highest BCUT2D eigenvalue weighted by Gasteiger charge is 2.34. The third-order valence-corrected chi connectivity index (χ3v) is 4.17. The third-order valence-electron chi connectivity index (χ3n) is 4.17. The first-order valence-corrected chi connectivity index (χ1v) is 8.87. The molecule has 142 valence electrons. The number of hydrogen-bond acceptors (Lipinski definition) is 3. The van der Waals surface area contributed by atoms with Gasteiger partial charge in [-0.1, -0.05) is 54.1 Å². The van der Waals surface area contributed by atoms with E-state index in [4.69, 9.17) is 0 Å². The van der Waals surface area contributed by atoms with Gasteiger partial charge < -0.3 is 10.6 Å². The number of amides is 4. The summed E-state index contributed by atoms with van der Waals surface area (Å²) in [5.41, 5.74) is 3.63. The van der Waals surface area contributed by atoms with E-state index >= 15 is 0 Å². The van der Waals surface area contributed by atoms with Gasteiger partial charge in [-0.25, -0.2) is 9.69 Å². The van der Waals surface area contributed by atoms with E-state index in [0.29, 0.717) is 5.69 Å². The Morgan fingerprint density at radius 3 is 2.43 bits per heavy atom. The van der Waals surface area contributed by atoms with Crippen LogP contribution < -0.4 is 10.6 Å². The van der Waals surface area contributed by atoms with Gasteiger partial charge in [0.25, 0.3) is 5.91 Å². The highest BCUT2D eigenvalue weighted by molar-refractivity contribution is 6.14. The maximum absolute atomic E-state index is 12.5. The molecule has 1 aliphatic rings. The lowest BCUT2D eigenvalue weighted by Gasteiger charge is -2.12. The molecule has 6 heteroatoms. The number of anilines is 1. The van der Waals surface area contributed by atoms with Gasteiger partial charge in [-0.2, -0.15) is 0 Å². The van der Waals surface area contributed by atoms with Gasteiger partial charge in [0.2, 0.25) is 5.91 Å². The van der Waals surface area contributed by atoms with Crippen LogP contribution >= 0.6 is 0 Å². The minimum absolute atomic E-state index is 0.151. The van der Waals surface area contributed by atoms with E-state index in [2.05, 4.69) is 10.6 Å². The Labute approximate surface area is 163 Å². The van der Waals surface area contributed by atoms with Gasteiger partial charge in [0.05, 0.1) is 0 Å². The Kier molecular flexibility index (Phi) is 5.69. The summed E-state index contributed by atoms with van der Waals surface area (Å²) in [4.78, 5) is 37.7. The van der Waals surface area contributed by atoms with E-state index in [9.17, 15) is 14.4 Å². The van der Waals surface area contributed by atoms with Crippen molar-refractivity contribution in [3.8, 4) is 0 Å². The Bertz CT molecular complexity index is 960. The first-order chi connectivity index (χ1) is 13.4. The molecular weight excluding hydrogens is 354 g/mol. The van der Waals surface area contributed by atoms with Crippen LogP contribution in [0.15, 0.2) is 71.9 Å².